The number of hydrogen-bond acceptors (Lipinski definition) is 5. The molecule has 3 aliphatic heterocycles. The van der Waals surface area contributed by atoms with Crippen LogP contribution in [-0.4, -0.2) is 23.9 Å². The lowest BCUT2D eigenvalue weighted by Gasteiger charge is -2.38. The summed E-state index contributed by atoms with van der Waals surface area (Å²) in [7, 11) is 0. The van der Waals surface area contributed by atoms with Gasteiger partial charge in [-0.3, -0.25) is 0 Å². The number of fused-ring (bicyclic) bond motifs is 4. The van der Waals surface area contributed by atoms with Crippen molar-refractivity contribution in [1.29, 1.82) is 0 Å². The molecule has 3 aromatic rings. The van der Waals surface area contributed by atoms with E-state index in [4.69, 9.17) is 19.3 Å². The van der Waals surface area contributed by atoms with Gasteiger partial charge < -0.3 is 14.2 Å². The Morgan fingerprint density at radius 2 is 1.67 bits per heavy atom. The summed E-state index contributed by atoms with van der Waals surface area (Å²) in [6.45, 7) is 1.11. The van der Waals surface area contributed by atoms with Crippen LogP contribution >= 0.6 is 0 Å². The van der Waals surface area contributed by atoms with Crippen molar-refractivity contribution in [3.8, 4) is 17.2 Å². The number of halogens is 1. The fraction of sp³-hybridized carbons (Fsp3) is 0.208. The quantitative estimate of drug-likeness (QED) is 0.615. The van der Waals surface area contributed by atoms with Gasteiger partial charge in [0.05, 0.1) is 11.8 Å². The predicted molar refractivity (Wildman–Crippen MR) is 109 cm³/mol. The minimum absolute atomic E-state index is 0.0493. The molecule has 3 aliphatic rings. The third-order valence-electron chi connectivity index (χ3n) is 5.73. The average molecular weight is 402 g/mol. The van der Waals surface area contributed by atoms with Crippen LogP contribution in [0.25, 0.3) is 0 Å². The second kappa shape index (κ2) is 6.76. The fourth-order valence-electron chi connectivity index (χ4n) is 4.28. The zero-order chi connectivity index (χ0) is 20.1. The lowest BCUT2D eigenvalue weighted by atomic mass is 9.95. The molecule has 2 atom stereocenters. The molecule has 0 N–H and O–H groups in total. The van der Waals surface area contributed by atoms with Crippen molar-refractivity contribution in [1.82, 2.24) is 5.01 Å². The van der Waals surface area contributed by atoms with E-state index in [-0.39, 0.29) is 11.9 Å². The molecule has 0 aliphatic carbocycles. The van der Waals surface area contributed by atoms with Gasteiger partial charge in [-0.05, 0) is 36.4 Å². The molecule has 0 bridgehead atoms. The van der Waals surface area contributed by atoms with E-state index in [1.165, 1.54) is 12.1 Å². The average Bonchev–Trinajstić information content (AvgIpc) is 3.25. The molecule has 6 rings (SSSR count). The summed E-state index contributed by atoms with van der Waals surface area (Å²) in [4.78, 5) is 0. The van der Waals surface area contributed by atoms with E-state index in [9.17, 15) is 4.39 Å². The molecular formula is C24H19FN2O3. The van der Waals surface area contributed by atoms with Crippen molar-refractivity contribution in [2.24, 2.45) is 5.10 Å². The first kappa shape index (κ1) is 17.3. The lowest BCUT2D eigenvalue weighted by molar-refractivity contribution is -0.0190. The molecule has 2 unspecified atom stereocenters. The molecule has 3 heterocycles. The maximum atomic E-state index is 13.5. The van der Waals surface area contributed by atoms with Crippen LogP contribution in [0.15, 0.2) is 71.8 Å². The number of nitrogens with zero attached hydrogens (tertiary/aromatic N) is 2. The van der Waals surface area contributed by atoms with E-state index in [1.807, 2.05) is 41.4 Å². The second-order valence-corrected chi connectivity index (χ2v) is 7.56. The van der Waals surface area contributed by atoms with Gasteiger partial charge in [0.2, 0.25) is 6.23 Å². The van der Waals surface area contributed by atoms with Gasteiger partial charge in [-0.15, -0.1) is 0 Å². The van der Waals surface area contributed by atoms with Gasteiger partial charge >= 0.3 is 0 Å². The Morgan fingerprint density at radius 3 is 2.53 bits per heavy atom. The third-order valence-corrected chi connectivity index (χ3v) is 5.73. The summed E-state index contributed by atoms with van der Waals surface area (Å²) in [5.41, 5.74) is 3.93. The molecule has 5 nitrogen and oxygen atoms in total. The van der Waals surface area contributed by atoms with Crippen LogP contribution in [0.1, 0.15) is 35.4 Å². The number of para-hydroxylation sites is 1. The third kappa shape index (κ3) is 2.79. The number of hydrazone groups is 1. The van der Waals surface area contributed by atoms with Gasteiger partial charge in [-0.1, -0.05) is 30.3 Å². The van der Waals surface area contributed by atoms with Gasteiger partial charge in [0.25, 0.3) is 0 Å². The molecule has 0 spiro atoms. The molecule has 30 heavy (non-hydrogen) atoms. The van der Waals surface area contributed by atoms with Gasteiger partial charge in [-0.2, -0.15) is 5.10 Å². The molecule has 6 heteroatoms. The first-order valence-electron chi connectivity index (χ1n) is 10.0. The van der Waals surface area contributed by atoms with Gasteiger partial charge in [-0.25, -0.2) is 9.40 Å². The minimum atomic E-state index is -0.416. The molecule has 150 valence electrons. The second-order valence-electron chi connectivity index (χ2n) is 7.56. The minimum Gasteiger partial charge on any atom is -0.486 e. The Hall–Kier alpha value is -3.54. The maximum Gasteiger partial charge on any atom is 0.213 e. The molecule has 3 aromatic carbocycles. The summed E-state index contributed by atoms with van der Waals surface area (Å²) in [6.07, 6.45) is 0.331. The first-order valence-corrected chi connectivity index (χ1v) is 10.0. The Labute approximate surface area is 173 Å². The van der Waals surface area contributed by atoms with Crippen LogP contribution in [0.3, 0.4) is 0 Å². The van der Waals surface area contributed by atoms with E-state index in [0.717, 1.165) is 46.1 Å². The maximum absolute atomic E-state index is 13.5. The highest BCUT2D eigenvalue weighted by molar-refractivity contribution is 6.02. The first-order chi connectivity index (χ1) is 14.8. The van der Waals surface area contributed by atoms with E-state index >= 15 is 0 Å². The Morgan fingerprint density at radius 1 is 0.867 bits per heavy atom. The molecule has 0 radical (unpaired) electrons. The topological polar surface area (TPSA) is 43.3 Å². The smallest absolute Gasteiger partial charge is 0.213 e. The van der Waals surface area contributed by atoms with Crippen LogP contribution in [0, 0.1) is 5.82 Å². The Kier molecular flexibility index (Phi) is 3.91. The summed E-state index contributed by atoms with van der Waals surface area (Å²) in [5, 5.41) is 6.93. The molecule has 0 fully saturated rings. The largest absolute Gasteiger partial charge is 0.486 e. The highest BCUT2D eigenvalue weighted by Crippen LogP contribution is 2.47. The lowest BCUT2D eigenvalue weighted by Crippen LogP contribution is -2.33. The van der Waals surface area contributed by atoms with E-state index in [1.54, 1.807) is 12.1 Å². The summed E-state index contributed by atoms with van der Waals surface area (Å²) in [6, 6.07) is 20.4. The van der Waals surface area contributed by atoms with Crippen LogP contribution in [0.2, 0.25) is 0 Å². The van der Waals surface area contributed by atoms with Crippen LogP contribution < -0.4 is 14.2 Å². The molecular weight excluding hydrogens is 383 g/mol. The van der Waals surface area contributed by atoms with Gasteiger partial charge in [0.1, 0.15) is 24.8 Å². The Bertz CT molecular complexity index is 1150. The van der Waals surface area contributed by atoms with Gasteiger partial charge in [0, 0.05) is 23.1 Å². The number of ether oxygens (including phenoxy) is 3. The van der Waals surface area contributed by atoms with Crippen LogP contribution in [-0.2, 0) is 0 Å². The zero-order valence-corrected chi connectivity index (χ0v) is 16.1. The summed E-state index contributed by atoms with van der Waals surface area (Å²) >= 11 is 0. The van der Waals surface area contributed by atoms with Crippen LogP contribution in [0.4, 0.5) is 4.39 Å². The van der Waals surface area contributed by atoms with Crippen LogP contribution in [0.5, 0.6) is 17.2 Å². The predicted octanol–water partition coefficient (Wildman–Crippen LogP) is 4.84. The molecule has 0 saturated carbocycles. The standard InChI is InChI=1S/C24H19FN2O3/c25-17-8-5-15(6-9-17)24-27-20(18-3-1-2-4-21(18)30-24)14-19(26-27)16-7-10-22-23(13-16)29-12-11-28-22/h1-10,13,20,24H,11-12,14H2. The van der Waals surface area contributed by atoms with Crippen molar-refractivity contribution in [3.05, 3.63) is 89.2 Å². The van der Waals surface area contributed by atoms with Crippen molar-refractivity contribution in [3.63, 3.8) is 0 Å². The number of benzene rings is 3. The highest BCUT2D eigenvalue weighted by atomic mass is 19.1. The van der Waals surface area contributed by atoms with E-state index in [0.29, 0.717) is 13.2 Å². The highest BCUT2D eigenvalue weighted by Gasteiger charge is 2.41. The molecule has 0 saturated heterocycles. The molecule has 0 aromatic heterocycles. The monoisotopic (exact) mass is 402 g/mol. The number of hydrogen-bond donors (Lipinski definition) is 0. The van der Waals surface area contributed by atoms with Crippen molar-refractivity contribution < 1.29 is 18.6 Å². The fourth-order valence-corrected chi connectivity index (χ4v) is 4.28. The normalized spacial score (nSPS) is 21.4. The van der Waals surface area contributed by atoms with Crippen molar-refractivity contribution in [2.75, 3.05) is 13.2 Å². The van der Waals surface area contributed by atoms with Crippen molar-refractivity contribution in [2.45, 2.75) is 18.7 Å². The van der Waals surface area contributed by atoms with E-state index in [2.05, 4.69) is 6.07 Å². The summed E-state index contributed by atoms with van der Waals surface area (Å²) < 4.78 is 31.2. The number of rotatable bonds is 2. The summed E-state index contributed by atoms with van der Waals surface area (Å²) in [5.74, 6) is 2.08. The SMILES string of the molecule is Fc1ccc(C2Oc3ccccc3C3CC(c4ccc5c(c4)OCCO5)=NN32)cc1. The van der Waals surface area contributed by atoms with Gasteiger partial charge in [0.15, 0.2) is 11.5 Å². The Balaban J connectivity index is 1.41. The zero-order valence-electron chi connectivity index (χ0n) is 16.1. The molecule has 0 amide bonds. The van der Waals surface area contributed by atoms with E-state index < -0.39 is 6.23 Å². The van der Waals surface area contributed by atoms with Crippen molar-refractivity contribution >= 4 is 5.71 Å².